The molecule has 2 rings (SSSR count). The van der Waals surface area contributed by atoms with Crippen LogP contribution in [0.5, 0.6) is 0 Å². The number of aryl methyl sites for hydroxylation is 2. The van der Waals surface area contributed by atoms with Crippen LogP contribution < -0.4 is 4.90 Å². The van der Waals surface area contributed by atoms with Crippen molar-refractivity contribution < 1.29 is 13.0 Å². The van der Waals surface area contributed by atoms with Gasteiger partial charge in [-0.25, -0.2) is 0 Å². The molecule has 1 aromatic rings. The zero-order valence-corrected chi connectivity index (χ0v) is 15.6. The molecule has 1 N–H and O–H groups in total. The molecule has 1 aromatic carbocycles. The number of hydrogen-bond donors (Lipinski definition) is 1. The van der Waals surface area contributed by atoms with Gasteiger partial charge in [0, 0.05) is 0 Å². The quantitative estimate of drug-likeness (QED) is 0.685. The van der Waals surface area contributed by atoms with Gasteiger partial charge in [0.2, 0.25) is 0 Å². The fourth-order valence-electron chi connectivity index (χ4n) is 2.86. The van der Waals surface area contributed by atoms with Crippen molar-refractivity contribution >= 4 is 64.8 Å². The summed E-state index contributed by atoms with van der Waals surface area (Å²) in [5.74, 6) is 0. The molecule has 0 spiro atoms. The minimum absolute atomic E-state index is 0.142. The van der Waals surface area contributed by atoms with Crippen LogP contribution in [0.25, 0.3) is 0 Å². The zero-order chi connectivity index (χ0) is 14.2. The summed E-state index contributed by atoms with van der Waals surface area (Å²) in [6.45, 7) is 4.04. The van der Waals surface area contributed by atoms with Crippen LogP contribution in [0.2, 0.25) is 0.515 Å². The van der Waals surface area contributed by atoms with Gasteiger partial charge in [0.15, 0.2) is 0 Å². The van der Waals surface area contributed by atoms with Gasteiger partial charge in [-0.05, 0) is 0 Å². The summed E-state index contributed by atoms with van der Waals surface area (Å²) in [7, 11) is -4.03. The van der Waals surface area contributed by atoms with E-state index < -0.39 is 15.5 Å². The summed E-state index contributed by atoms with van der Waals surface area (Å²) in [4.78, 5) is 1.91. The van der Waals surface area contributed by atoms with Crippen LogP contribution in [0.3, 0.4) is 0 Å². The standard InChI is InChI=1S/C13H18NO3S.K/c1-9-4-6-12-7-5-10(2)14(13(12)8-9)11(3)18(15,16)17;/h4,6,8,10-11H,3,5,7H2,1-2H3,(H,15,16,17);. The van der Waals surface area contributed by atoms with Gasteiger partial charge in [0.05, 0.1) is 0 Å². The Kier molecular flexibility index (Phi) is 5.15. The van der Waals surface area contributed by atoms with E-state index in [1.54, 1.807) is 0 Å². The molecule has 0 saturated carbocycles. The van der Waals surface area contributed by atoms with Crippen LogP contribution >= 0.6 is 0 Å². The second kappa shape index (κ2) is 6.13. The molecule has 0 amide bonds. The number of rotatable bonds is 3. The van der Waals surface area contributed by atoms with Gasteiger partial charge in [0.25, 0.3) is 0 Å². The number of benzene rings is 1. The van der Waals surface area contributed by atoms with E-state index >= 15 is 0 Å². The fraction of sp³-hybridized carbons (Fsp3) is 0.538. The van der Waals surface area contributed by atoms with E-state index in [1.165, 1.54) is 5.56 Å². The summed E-state index contributed by atoms with van der Waals surface area (Å²) >= 11 is 0.370. The van der Waals surface area contributed by atoms with E-state index in [4.69, 9.17) is 0 Å². The third kappa shape index (κ3) is 3.43. The number of anilines is 1. The minimum atomic E-state index is -4.03. The summed E-state index contributed by atoms with van der Waals surface area (Å²) < 4.78 is 33.4. The summed E-state index contributed by atoms with van der Waals surface area (Å²) in [5.41, 5.74) is 3.27. The maximum atomic E-state index is 11.6. The first-order valence-electron chi connectivity index (χ1n) is 6.68. The molecule has 0 saturated heterocycles. The first-order chi connectivity index (χ1) is 8.84. The van der Waals surface area contributed by atoms with Gasteiger partial charge in [-0.3, -0.25) is 0 Å². The van der Waals surface area contributed by atoms with Gasteiger partial charge in [-0.2, -0.15) is 0 Å². The second-order valence-corrected chi connectivity index (χ2v) is 8.15. The molecular weight excluding hydrogens is 289 g/mol. The topological polar surface area (TPSA) is 57.6 Å². The summed E-state index contributed by atoms with van der Waals surface area (Å²) in [6, 6.07) is 6.30. The van der Waals surface area contributed by atoms with Crippen LogP contribution in [0.1, 0.15) is 24.5 Å². The van der Waals surface area contributed by atoms with Crippen LogP contribution in [-0.2, 0) is 16.5 Å². The number of fused-ring (bicyclic) bond motifs is 1. The molecule has 0 radical (unpaired) electrons. The molecule has 1 aliphatic heterocycles. The predicted octanol–water partition coefficient (Wildman–Crippen LogP) is 1.94. The van der Waals surface area contributed by atoms with Gasteiger partial charge < -0.3 is 0 Å². The van der Waals surface area contributed by atoms with Gasteiger partial charge >= 0.3 is 151 Å². The first kappa shape index (κ1) is 15.9. The van der Waals surface area contributed by atoms with E-state index in [9.17, 15) is 13.0 Å². The average Bonchev–Trinajstić information content (AvgIpc) is 2.31. The summed E-state index contributed by atoms with van der Waals surface area (Å²) in [5, 5.41) is -0.775. The third-order valence-corrected chi connectivity index (χ3v) is 7.21. The third-order valence-electron chi connectivity index (χ3n) is 3.83. The molecule has 1 aliphatic rings. The molecule has 19 heavy (non-hydrogen) atoms. The van der Waals surface area contributed by atoms with Crippen molar-refractivity contribution in [2.24, 2.45) is 0 Å². The van der Waals surface area contributed by atoms with Crippen LogP contribution in [0.4, 0.5) is 5.69 Å². The second-order valence-electron chi connectivity index (χ2n) is 5.31. The Morgan fingerprint density at radius 3 is 2.79 bits per heavy atom. The van der Waals surface area contributed by atoms with Crippen LogP contribution in [0.15, 0.2) is 18.2 Å². The molecule has 2 unspecified atom stereocenters. The van der Waals surface area contributed by atoms with Crippen molar-refractivity contribution in [1.82, 2.24) is 0 Å². The van der Waals surface area contributed by atoms with Crippen molar-refractivity contribution in [1.29, 1.82) is 0 Å². The van der Waals surface area contributed by atoms with E-state index in [-0.39, 0.29) is 6.04 Å². The first-order valence-corrected chi connectivity index (χ1v) is 10.4. The Balaban J connectivity index is 2.53. The summed E-state index contributed by atoms with van der Waals surface area (Å²) in [6.07, 6.45) is 1.89. The Bertz CT molecular complexity index is 573. The molecule has 0 aromatic heterocycles. The van der Waals surface area contributed by atoms with Gasteiger partial charge in [-0.1, -0.05) is 0 Å². The van der Waals surface area contributed by atoms with Gasteiger partial charge in [-0.15, -0.1) is 0 Å². The van der Waals surface area contributed by atoms with Crippen molar-refractivity contribution in [3.63, 3.8) is 0 Å². The SMILES string of the molecule is Cc1ccc2c(c1)N(C([CH2][K])S(=O)(=O)O)C(C)CC2. The van der Waals surface area contributed by atoms with Crippen molar-refractivity contribution in [3.8, 4) is 0 Å². The Labute approximate surface area is 148 Å². The molecule has 100 valence electrons. The van der Waals surface area contributed by atoms with Crippen molar-refractivity contribution in [3.05, 3.63) is 29.3 Å². The number of hydrogen-bond acceptors (Lipinski definition) is 3. The number of nitrogens with zero attached hydrogens (tertiary/aromatic N) is 1. The predicted molar refractivity (Wildman–Crippen MR) is 77.3 cm³/mol. The van der Waals surface area contributed by atoms with E-state index in [0.717, 1.165) is 24.1 Å². The van der Waals surface area contributed by atoms with E-state index in [0.29, 0.717) is 49.5 Å². The molecule has 4 nitrogen and oxygen atoms in total. The molecule has 0 fully saturated rings. The Hall–Kier alpha value is 0.566. The maximum absolute atomic E-state index is 11.6. The molecule has 0 aliphatic carbocycles. The van der Waals surface area contributed by atoms with E-state index in [1.807, 2.05) is 24.8 Å². The van der Waals surface area contributed by atoms with Crippen LogP contribution in [0, 0.1) is 6.92 Å². The van der Waals surface area contributed by atoms with Crippen molar-refractivity contribution in [2.75, 3.05) is 4.90 Å². The molecule has 0 bridgehead atoms. The average molecular weight is 307 g/mol. The zero-order valence-electron chi connectivity index (χ0n) is 11.6. The monoisotopic (exact) mass is 307 g/mol. The Morgan fingerprint density at radius 1 is 1.53 bits per heavy atom. The normalized spacial score (nSPS) is 21.1. The van der Waals surface area contributed by atoms with Crippen molar-refractivity contribution in [2.45, 2.75) is 38.6 Å². The molecular formula is C13H18KNO3S. The Morgan fingerprint density at radius 2 is 2.21 bits per heavy atom. The van der Waals surface area contributed by atoms with E-state index in [2.05, 4.69) is 12.1 Å². The molecule has 1 heterocycles. The molecule has 2 atom stereocenters. The van der Waals surface area contributed by atoms with Gasteiger partial charge in [0.1, 0.15) is 0 Å². The molecule has 6 heteroatoms. The fourth-order valence-corrected chi connectivity index (χ4v) is 6.47. The van der Waals surface area contributed by atoms with Crippen LogP contribution in [-0.4, -0.2) is 73.3 Å².